The second-order valence-corrected chi connectivity index (χ2v) is 9.47. The molecule has 2 heteroatoms. The van der Waals surface area contributed by atoms with Crippen LogP contribution in [0, 0.1) is 23.7 Å². The van der Waals surface area contributed by atoms with Gasteiger partial charge in [-0.2, -0.15) is 0 Å². The normalized spacial score (nSPS) is 18.8. The summed E-state index contributed by atoms with van der Waals surface area (Å²) in [5.74, 6) is 8.11. The van der Waals surface area contributed by atoms with E-state index in [1.54, 1.807) is 0 Å². The van der Waals surface area contributed by atoms with E-state index in [1.165, 1.54) is 103 Å². The van der Waals surface area contributed by atoms with Crippen molar-refractivity contribution in [2.45, 2.75) is 130 Å². The minimum atomic E-state index is 0.0752. The van der Waals surface area contributed by atoms with Crippen LogP contribution in [0.25, 0.3) is 0 Å². The third kappa shape index (κ3) is 13.4. The molecule has 0 bridgehead atoms. The molecule has 170 valence electrons. The first-order chi connectivity index (χ1) is 14.1. The summed E-state index contributed by atoms with van der Waals surface area (Å²) in [6, 6.07) is 0. The predicted molar refractivity (Wildman–Crippen MR) is 128 cm³/mol. The van der Waals surface area contributed by atoms with Crippen LogP contribution in [0.5, 0.6) is 0 Å². The summed E-state index contributed by atoms with van der Waals surface area (Å²) in [5.41, 5.74) is 0. The molecule has 0 amide bonds. The number of rotatable bonds is 15. The smallest absolute Gasteiger partial charge is 0.115 e. The Bertz CT molecular complexity index is 430. The molecular formula is C27H51NO. The summed E-state index contributed by atoms with van der Waals surface area (Å²) in [6.07, 6.45) is 17.8. The van der Waals surface area contributed by atoms with E-state index >= 15 is 0 Å². The Morgan fingerprint density at radius 3 is 2.03 bits per heavy atom. The minimum Gasteiger partial charge on any atom is -0.362 e. The molecule has 29 heavy (non-hydrogen) atoms. The van der Waals surface area contributed by atoms with Crippen molar-refractivity contribution in [3.05, 3.63) is 0 Å². The van der Waals surface area contributed by atoms with Crippen molar-refractivity contribution < 1.29 is 4.74 Å². The molecule has 2 unspecified atom stereocenters. The molecule has 1 rings (SSSR count). The van der Waals surface area contributed by atoms with Gasteiger partial charge in [0.25, 0.3) is 0 Å². The van der Waals surface area contributed by atoms with Crippen LogP contribution in [0.3, 0.4) is 0 Å². The zero-order valence-corrected chi connectivity index (χ0v) is 20.5. The van der Waals surface area contributed by atoms with Gasteiger partial charge < -0.3 is 9.64 Å². The number of likely N-dealkylation sites (tertiary alicyclic amines) is 1. The zero-order chi connectivity index (χ0) is 21.3. The van der Waals surface area contributed by atoms with Gasteiger partial charge in [0.2, 0.25) is 0 Å². The third-order valence-corrected chi connectivity index (χ3v) is 6.38. The maximum Gasteiger partial charge on any atom is 0.115 e. The standard InChI is InChI=1S/C27H51NO/c1-6-9-11-13-16-26(15-12-10-7-2)23-28-21-19-27(20-22-28)29-25(5)18-17-24(4)14-8-3/h24-27H,6-16,19-23H2,1-5H3/t24?,25-,26?/m0/s1. The number of hydrogen-bond donors (Lipinski definition) is 0. The molecular weight excluding hydrogens is 354 g/mol. The zero-order valence-electron chi connectivity index (χ0n) is 20.5. The molecule has 0 aromatic rings. The average Bonchev–Trinajstić information content (AvgIpc) is 2.71. The van der Waals surface area contributed by atoms with E-state index in [4.69, 9.17) is 4.74 Å². The lowest BCUT2D eigenvalue weighted by molar-refractivity contribution is -0.0146. The number of nitrogens with zero attached hydrogens (tertiary/aromatic N) is 1. The molecule has 0 N–H and O–H groups in total. The lowest BCUT2D eigenvalue weighted by Gasteiger charge is -2.35. The molecule has 0 aromatic carbocycles. The van der Waals surface area contributed by atoms with Crippen LogP contribution in [-0.2, 0) is 4.74 Å². The van der Waals surface area contributed by atoms with Gasteiger partial charge in [-0.15, -0.1) is 0 Å². The Morgan fingerprint density at radius 1 is 0.793 bits per heavy atom. The fourth-order valence-electron chi connectivity index (χ4n) is 4.55. The highest BCUT2D eigenvalue weighted by molar-refractivity contribution is 5.06. The molecule has 1 aliphatic rings. The second-order valence-electron chi connectivity index (χ2n) is 9.47. The highest BCUT2D eigenvalue weighted by Gasteiger charge is 2.23. The molecule has 1 heterocycles. The molecule has 0 radical (unpaired) electrons. The van der Waals surface area contributed by atoms with Gasteiger partial charge in [-0.05, 0) is 44.9 Å². The van der Waals surface area contributed by atoms with Gasteiger partial charge in [-0.3, -0.25) is 0 Å². The van der Waals surface area contributed by atoms with Crippen molar-refractivity contribution in [1.82, 2.24) is 4.90 Å². The van der Waals surface area contributed by atoms with E-state index in [-0.39, 0.29) is 6.10 Å². The molecule has 1 saturated heterocycles. The van der Waals surface area contributed by atoms with Gasteiger partial charge >= 0.3 is 0 Å². The van der Waals surface area contributed by atoms with Crippen LogP contribution in [0.2, 0.25) is 0 Å². The van der Waals surface area contributed by atoms with Crippen LogP contribution in [0.1, 0.15) is 118 Å². The van der Waals surface area contributed by atoms with Crippen molar-refractivity contribution in [3.8, 4) is 11.8 Å². The lowest BCUT2D eigenvalue weighted by atomic mass is 9.93. The quantitative estimate of drug-likeness (QED) is 0.207. The molecule has 3 atom stereocenters. The summed E-state index contributed by atoms with van der Waals surface area (Å²) < 4.78 is 6.24. The highest BCUT2D eigenvalue weighted by Crippen LogP contribution is 2.22. The summed E-state index contributed by atoms with van der Waals surface area (Å²) in [6.45, 7) is 14.9. The Morgan fingerprint density at radius 2 is 1.41 bits per heavy atom. The number of hydrogen-bond acceptors (Lipinski definition) is 2. The van der Waals surface area contributed by atoms with E-state index < -0.39 is 0 Å². The highest BCUT2D eigenvalue weighted by atomic mass is 16.5. The van der Waals surface area contributed by atoms with Gasteiger partial charge in [-0.1, -0.05) is 90.9 Å². The van der Waals surface area contributed by atoms with Gasteiger partial charge in [0.15, 0.2) is 0 Å². The van der Waals surface area contributed by atoms with Crippen molar-refractivity contribution in [2.75, 3.05) is 19.6 Å². The van der Waals surface area contributed by atoms with E-state index in [9.17, 15) is 0 Å². The van der Waals surface area contributed by atoms with Crippen LogP contribution in [0.15, 0.2) is 0 Å². The number of ether oxygens (including phenoxy) is 1. The van der Waals surface area contributed by atoms with E-state index in [0.717, 1.165) is 5.92 Å². The average molecular weight is 406 g/mol. The summed E-state index contributed by atoms with van der Waals surface area (Å²) in [5, 5.41) is 0. The lowest BCUT2D eigenvalue weighted by Crippen LogP contribution is -2.40. The maximum atomic E-state index is 6.24. The third-order valence-electron chi connectivity index (χ3n) is 6.38. The fraction of sp³-hybridized carbons (Fsp3) is 0.926. The monoisotopic (exact) mass is 405 g/mol. The molecule has 0 saturated carbocycles. The van der Waals surface area contributed by atoms with Crippen LogP contribution >= 0.6 is 0 Å². The first-order valence-corrected chi connectivity index (χ1v) is 13.0. The first kappa shape index (κ1) is 26.5. The summed E-state index contributed by atoms with van der Waals surface area (Å²) in [7, 11) is 0. The van der Waals surface area contributed by atoms with Gasteiger partial charge in [0.1, 0.15) is 6.10 Å². The van der Waals surface area contributed by atoms with Crippen LogP contribution in [-0.4, -0.2) is 36.7 Å². The fourth-order valence-corrected chi connectivity index (χ4v) is 4.55. The molecule has 0 spiro atoms. The van der Waals surface area contributed by atoms with Gasteiger partial charge in [0.05, 0.1) is 6.10 Å². The Balaban J connectivity index is 2.33. The van der Waals surface area contributed by atoms with Crippen molar-refractivity contribution in [1.29, 1.82) is 0 Å². The number of piperidine rings is 1. The largest absolute Gasteiger partial charge is 0.362 e. The molecule has 0 aliphatic carbocycles. The maximum absolute atomic E-state index is 6.24. The Labute approximate surface area is 183 Å². The van der Waals surface area contributed by atoms with E-state index in [1.807, 2.05) is 0 Å². The van der Waals surface area contributed by atoms with Gasteiger partial charge in [0, 0.05) is 25.6 Å². The SMILES string of the molecule is CCCCCCC(CCCCC)CN1CCC(O[C@@H](C)C#CC(C)CCC)CC1. The number of unbranched alkanes of at least 4 members (excludes halogenated alkanes) is 5. The molecule has 0 aromatic heterocycles. The van der Waals surface area contributed by atoms with Crippen molar-refractivity contribution in [3.63, 3.8) is 0 Å². The summed E-state index contributed by atoms with van der Waals surface area (Å²) >= 11 is 0. The first-order valence-electron chi connectivity index (χ1n) is 13.0. The molecule has 2 nitrogen and oxygen atoms in total. The minimum absolute atomic E-state index is 0.0752. The van der Waals surface area contributed by atoms with Gasteiger partial charge in [-0.25, -0.2) is 0 Å². The van der Waals surface area contributed by atoms with E-state index in [2.05, 4.69) is 51.4 Å². The van der Waals surface area contributed by atoms with E-state index in [0.29, 0.717) is 12.0 Å². The topological polar surface area (TPSA) is 12.5 Å². The second kappa shape index (κ2) is 17.2. The summed E-state index contributed by atoms with van der Waals surface area (Å²) in [4.78, 5) is 2.72. The Hall–Kier alpha value is -0.520. The molecule has 1 fully saturated rings. The van der Waals surface area contributed by atoms with Crippen molar-refractivity contribution in [2.24, 2.45) is 11.8 Å². The predicted octanol–water partition coefficient (Wildman–Crippen LogP) is 7.46. The van der Waals surface area contributed by atoms with Crippen LogP contribution in [0.4, 0.5) is 0 Å². The molecule has 1 aliphatic heterocycles. The Kier molecular flexibility index (Phi) is 15.7. The van der Waals surface area contributed by atoms with Crippen LogP contribution < -0.4 is 0 Å². The van der Waals surface area contributed by atoms with Crippen molar-refractivity contribution >= 4 is 0 Å².